The van der Waals surface area contributed by atoms with Crippen LogP contribution in [0.4, 0.5) is 10.5 Å². The Morgan fingerprint density at radius 1 is 1.25 bits per heavy atom. The standard InChI is InChI=1S/C9H13N5O2/c10-6-1-2-7(14-5-6)8(15)12-3-4-13-9(11)16/h1-2,5H,3-4,10H2,(H,12,15)(H3,11,13,16). The SMILES string of the molecule is NC(=O)NCCNC(=O)c1ccc(N)cn1. The number of nitrogens with two attached hydrogens (primary N) is 2. The molecule has 7 nitrogen and oxygen atoms in total. The molecule has 0 aliphatic carbocycles. The molecular weight excluding hydrogens is 210 g/mol. The van der Waals surface area contributed by atoms with Gasteiger partial charge in [-0.05, 0) is 12.1 Å². The van der Waals surface area contributed by atoms with Gasteiger partial charge in [-0.2, -0.15) is 0 Å². The van der Waals surface area contributed by atoms with E-state index in [-0.39, 0.29) is 24.7 Å². The first-order valence-electron chi connectivity index (χ1n) is 4.62. The van der Waals surface area contributed by atoms with Crippen LogP contribution in [0.15, 0.2) is 18.3 Å². The van der Waals surface area contributed by atoms with Gasteiger partial charge >= 0.3 is 6.03 Å². The van der Waals surface area contributed by atoms with Gasteiger partial charge in [-0.25, -0.2) is 9.78 Å². The molecule has 86 valence electrons. The molecule has 0 aromatic carbocycles. The number of pyridine rings is 1. The second-order valence-electron chi connectivity index (χ2n) is 3.02. The Morgan fingerprint density at radius 3 is 2.50 bits per heavy atom. The summed E-state index contributed by atoms with van der Waals surface area (Å²) in [4.78, 5) is 25.6. The molecule has 1 aromatic rings. The third-order valence-electron chi connectivity index (χ3n) is 1.73. The quantitative estimate of drug-likeness (QED) is 0.492. The molecule has 0 aliphatic heterocycles. The molecule has 0 spiro atoms. The molecule has 0 fully saturated rings. The summed E-state index contributed by atoms with van der Waals surface area (Å²) >= 11 is 0. The number of amides is 3. The summed E-state index contributed by atoms with van der Waals surface area (Å²) in [5.41, 5.74) is 11.0. The highest BCUT2D eigenvalue weighted by Crippen LogP contribution is 2.00. The second-order valence-corrected chi connectivity index (χ2v) is 3.02. The van der Waals surface area contributed by atoms with Crippen molar-refractivity contribution in [1.82, 2.24) is 15.6 Å². The minimum absolute atomic E-state index is 0.272. The zero-order valence-corrected chi connectivity index (χ0v) is 8.56. The minimum atomic E-state index is -0.625. The van der Waals surface area contributed by atoms with Crippen molar-refractivity contribution in [2.24, 2.45) is 5.73 Å². The Hall–Kier alpha value is -2.31. The van der Waals surface area contributed by atoms with E-state index in [1.54, 1.807) is 6.07 Å². The number of nitrogens with zero attached hydrogens (tertiary/aromatic N) is 1. The number of hydrogen-bond acceptors (Lipinski definition) is 4. The van der Waals surface area contributed by atoms with Crippen molar-refractivity contribution in [2.45, 2.75) is 0 Å². The second kappa shape index (κ2) is 5.54. The first kappa shape index (κ1) is 11.8. The van der Waals surface area contributed by atoms with E-state index in [9.17, 15) is 9.59 Å². The Morgan fingerprint density at radius 2 is 1.94 bits per heavy atom. The van der Waals surface area contributed by atoms with Gasteiger partial charge in [0.1, 0.15) is 5.69 Å². The fourth-order valence-corrected chi connectivity index (χ4v) is 0.992. The highest BCUT2D eigenvalue weighted by molar-refractivity contribution is 5.92. The molecule has 6 N–H and O–H groups in total. The lowest BCUT2D eigenvalue weighted by atomic mass is 10.3. The van der Waals surface area contributed by atoms with Gasteiger partial charge in [0.05, 0.1) is 11.9 Å². The van der Waals surface area contributed by atoms with E-state index >= 15 is 0 Å². The number of primary amides is 1. The van der Waals surface area contributed by atoms with Crippen LogP contribution in [0.3, 0.4) is 0 Å². The smallest absolute Gasteiger partial charge is 0.312 e. The topological polar surface area (TPSA) is 123 Å². The summed E-state index contributed by atoms with van der Waals surface area (Å²) in [6, 6.07) is 2.48. The number of anilines is 1. The maximum atomic E-state index is 11.4. The van der Waals surface area contributed by atoms with Crippen LogP contribution in [0, 0.1) is 0 Å². The van der Waals surface area contributed by atoms with Crippen molar-refractivity contribution >= 4 is 17.6 Å². The zero-order valence-electron chi connectivity index (χ0n) is 8.56. The third kappa shape index (κ3) is 3.82. The van der Waals surface area contributed by atoms with Gasteiger partial charge < -0.3 is 22.1 Å². The minimum Gasteiger partial charge on any atom is -0.397 e. The van der Waals surface area contributed by atoms with Crippen molar-refractivity contribution in [2.75, 3.05) is 18.8 Å². The van der Waals surface area contributed by atoms with Crippen LogP contribution in [-0.2, 0) is 0 Å². The predicted molar refractivity (Wildman–Crippen MR) is 58.6 cm³/mol. The Labute approximate surface area is 92.2 Å². The van der Waals surface area contributed by atoms with E-state index in [1.807, 2.05) is 0 Å². The monoisotopic (exact) mass is 223 g/mol. The predicted octanol–water partition coefficient (Wildman–Crippen LogP) is -0.938. The fraction of sp³-hybridized carbons (Fsp3) is 0.222. The van der Waals surface area contributed by atoms with Gasteiger partial charge in [0.2, 0.25) is 0 Å². The molecule has 16 heavy (non-hydrogen) atoms. The number of rotatable bonds is 4. The van der Waals surface area contributed by atoms with Gasteiger partial charge in [-0.1, -0.05) is 0 Å². The average molecular weight is 223 g/mol. The molecular formula is C9H13N5O2. The lowest BCUT2D eigenvalue weighted by molar-refractivity contribution is 0.0949. The first-order chi connectivity index (χ1) is 7.59. The Bertz CT molecular complexity index is 376. The summed E-state index contributed by atoms with van der Waals surface area (Å²) in [6.07, 6.45) is 1.40. The molecule has 0 saturated heterocycles. The van der Waals surface area contributed by atoms with Crippen LogP contribution in [-0.4, -0.2) is 30.0 Å². The highest BCUT2D eigenvalue weighted by Gasteiger charge is 2.05. The summed E-state index contributed by atoms with van der Waals surface area (Å²) < 4.78 is 0. The van der Waals surface area contributed by atoms with Crippen LogP contribution in [0.1, 0.15) is 10.5 Å². The van der Waals surface area contributed by atoms with Gasteiger partial charge in [-0.3, -0.25) is 4.79 Å². The largest absolute Gasteiger partial charge is 0.397 e. The van der Waals surface area contributed by atoms with Crippen LogP contribution >= 0.6 is 0 Å². The van der Waals surface area contributed by atoms with Crippen LogP contribution < -0.4 is 22.1 Å². The summed E-state index contributed by atoms with van der Waals surface area (Å²) in [7, 11) is 0. The number of hydrogen-bond donors (Lipinski definition) is 4. The van der Waals surface area contributed by atoms with E-state index in [0.717, 1.165) is 0 Å². The van der Waals surface area contributed by atoms with E-state index in [0.29, 0.717) is 5.69 Å². The van der Waals surface area contributed by atoms with Crippen LogP contribution in [0.25, 0.3) is 0 Å². The number of urea groups is 1. The van der Waals surface area contributed by atoms with Crippen LogP contribution in [0.2, 0.25) is 0 Å². The average Bonchev–Trinajstić information content (AvgIpc) is 2.25. The lowest BCUT2D eigenvalue weighted by Gasteiger charge is -2.04. The number of nitrogens with one attached hydrogen (secondary N) is 2. The van der Waals surface area contributed by atoms with Gasteiger partial charge in [0, 0.05) is 13.1 Å². The fourth-order valence-electron chi connectivity index (χ4n) is 0.992. The number of carbonyl (C=O) groups is 2. The Kier molecular flexibility index (Phi) is 4.07. The molecule has 1 aromatic heterocycles. The summed E-state index contributed by atoms with van der Waals surface area (Å²) in [5, 5.41) is 4.91. The van der Waals surface area contributed by atoms with Crippen molar-refractivity contribution < 1.29 is 9.59 Å². The summed E-state index contributed by atoms with van der Waals surface area (Å²) in [5.74, 6) is -0.328. The molecule has 7 heteroatoms. The van der Waals surface area contributed by atoms with Gasteiger partial charge in [-0.15, -0.1) is 0 Å². The van der Waals surface area contributed by atoms with E-state index in [4.69, 9.17) is 11.5 Å². The van der Waals surface area contributed by atoms with E-state index < -0.39 is 6.03 Å². The van der Waals surface area contributed by atoms with Crippen LogP contribution in [0.5, 0.6) is 0 Å². The molecule has 0 saturated carbocycles. The molecule has 0 unspecified atom stereocenters. The van der Waals surface area contributed by atoms with E-state index in [2.05, 4.69) is 15.6 Å². The van der Waals surface area contributed by atoms with Crippen molar-refractivity contribution in [3.05, 3.63) is 24.0 Å². The number of nitrogen functional groups attached to an aromatic ring is 1. The molecule has 1 heterocycles. The molecule has 1 rings (SSSR count). The molecule has 0 bridgehead atoms. The number of aromatic nitrogens is 1. The third-order valence-corrected chi connectivity index (χ3v) is 1.73. The van der Waals surface area contributed by atoms with Gasteiger partial charge in [0.15, 0.2) is 0 Å². The Balaban J connectivity index is 2.35. The lowest BCUT2D eigenvalue weighted by Crippen LogP contribution is -2.37. The van der Waals surface area contributed by atoms with Crippen molar-refractivity contribution in [3.8, 4) is 0 Å². The first-order valence-corrected chi connectivity index (χ1v) is 4.62. The van der Waals surface area contributed by atoms with Crippen molar-refractivity contribution in [3.63, 3.8) is 0 Å². The highest BCUT2D eigenvalue weighted by atomic mass is 16.2. The molecule has 0 aliphatic rings. The maximum absolute atomic E-state index is 11.4. The number of carbonyl (C=O) groups excluding carboxylic acids is 2. The van der Waals surface area contributed by atoms with Gasteiger partial charge in [0.25, 0.3) is 5.91 Å². The molecule has 0 atom stereocenters. The zero-order chi connectivity index (χ0) is 12.0. The maximum Gasteiger partial charge on any atom is 0.312 e. The van der Waals surface area contributed by atoms with Crippen molar-refractivity contribution in [1.29, 1.82) is 0 Å². The summed E-state index contributed by atoms with van der Waals surface area (Å²) in [6.45, 7) is 0.559. The van der Waals surface area contributed by atoms with E-state index in [1.165, 1.54) is 12.3 Å². The molecule has 3 amide bonds. The normalized spacial score (nSPS) is 9.50. The molecule has 0 radical (unpaired) electrons.